The predicted molar refractivity (Wildman–Crippen MR) is 68.6 cm³/mol. The molecule has 0 bridgehead atoms. The number of aliphatic hydroxyl groups excluding tert-OH is 1. The maximum Gasteiger partial charge on any atom is 0.0791 e. The van der Waals surface area contributed by atoms with Gasteiger partial charge in [-0.2, -0.15) is 0 Å². The first-order valence-corrected chi connectivity index (χ1v) is 6.60. The van der Waals surface area contributed by atoms with Crippen LogP contribution in [0.3, 0.4) is 0 Å². The second kappa shape index (κ2) is 6.58. The molecule has 2 unspecified atom stereocenters. The Balaban J connectivity index is 2.12. The SMILES string of the molecule is CC(C)CC(C)N(C)CC(O)CNC1CC1. The number of rotatable bonds is 8. The molecule has 1 rings (SSSR count). The summed E-state index contributed by atoms with van der Waals surface area (Å²) >= 11 is 0. The summed E-state index contributed by atoms with van der Waals surface area (Å²) < 4.78 is 0. The molecule has 1 aliphatic carbocycles. The third kappa shape index (κ3) is 5.83. The van der Waals surface area contributed by atoms with Crippen molar-refractivity contribution in [2.75, 3.05) is 20.1 Å². The van der Waals surface area contributed by atoms with Gasteiger partial charge < -0.3 is 15.3 Å². The van der Waals surface area contributed by atoms with Gasteiger partial charge in [-0.15, -0.1) is 0 Å². The topological polar surface area (TPSA) is 35.5 Å². The van der Waals surface area contributed by atoms with E-state index in [0.717, 1.165) is 19.0 Å². The first-order valence-electron chi connectivity index (χ1n) is 6.60. The standard InChI is InChI=1S/C13H28N2O/c1-10(2)7-11(3)15(4)9-13(16)8-14-12-5-6-12/h10-14,16H,5-9H2,1-4H3. The van der Waals surface area contributed by atoms with Crippen LogP contribution in [0, 0.1) is 5.92 Å². The minimum atomic E-state index is -0.236. The van der Waals surface area contributed by atoms with Gasteiger partial charge in [-0.25, -0.2) is 0 Å². The van der Waals surface area contributed by atoms with Gasteiger partial charge in [0.2, 0.25) is 0 Å². The molecule has 0 aromatic rings. The number of aliphatic hydroxyl groups is 1. The molecular formula is C13H28N2O. The lowest BCUT2D eigenvalue weighted by atomic mass is 10.0. The second-order valence-corrected chi connectivity index (χ2v) is 5.75. The molecule has 16 heavy (non-hydrogen) atoms. The smallest absolute Gasteiger partial charge is 0.0791 e. The summed E-state index contributed by atoms with van der Waals surface area (Å²) in [5.41, 5.74) is 0. The van der Waals surface area contributed by atoms with Crippen LogP contribution in [0.2, 0.25) is 0 Å². The average Bonchev–Trinajstić information content (AvgIpc) is 2.96. The van der Waals surface area contributed by atoms with Crippen LogP contribution in [-0.2, 0) is 0 Å². The molecule has 0 aliphatic heterocycles. The zero-order valence-corrected chi connectivity index (χ0v) is 11.2. The van der Waals surface area contributed by atoms with Gasteiger partial charge in [0.1, 0.15) is 0 Å². The summed E-state index contributed by atoms with van der Waals surface area (Å²) in [6.45, 7) is 8.24. The van der Waals surface area contributed by atoms with E-state index in [9.17, 15) is 5.11 Å². The fourth-order valence-corrected chi connectivity index (χ4v) is 2.03. The van der Waals surface area contributed by atoms with Crippen molar-refractivity contribution in [1.82, 2.24) is 10.2 Å². The molecule has 0 aromatic carbocycles. The van der Waals surface area contributed by atoms with Crippen molar-refractivity contribution in [1.29, 1.82) is 0 Å². The first kappa shape index (κ1) is 13.9. The van der Waals surface area contributed by atoms with Crippen molar-refractivity contribution in [3.8, 4) is 0 Å². The molecule has 0 heterocycles. The van der Waals surface area contributed by atoms with Crippen LogP contribution in [0.15, 0.2) is 0 Å². The number of hydrogen-bond donors (Lipinski definition) is 2. The van der Waals surface area contributed by atoms with Crippen molar-refractivity contribution in [2.24, 2.45) is 5.92 Å². The Hall–Kier alpha value is -0.120. The van der Waals surface area contributed by atoms with Crippen molar-refractivity contribution >= 4 is 0 Å². The molecule has 2 atom stereocenters. The van der Waals surface area contributed by atoms with Crippen molar-refractivity contribution in [3.05, 3.63) is 0 Å². The Morgan fingerprint density at radius 3 is 2.44 bits per heavy atom. The number of hydrogen-bond acceptors (Lipinski definition) is 3. The van der Waals surface area contributed by atoms with Gasteiger partial charge in [-0.3, -0.25) is 0 Å². The highest BCUT2D eigenvalue weighted by Crippen LogP contribution is 2.18. The number of nitrogens with one attached hydrogen (secondary N) is 1. The Kier molecular flexibility index (Phi) is 5.73. The third-order valence-electron chi connectivity index (χ3n) is 3.28. The Morgan fingerprint density at radius 1 is 1.31 bits per heavy atom. The van der Waals surface area contributed by atoms with E-state index in [1.807, 2.05) is 0 Å². The first-order chi connectivity index (χ1) is 7.49. The van der Waals surface area contributed by atoms with E-state index < -0.39 is 0 Å². The number of nitrogens with zero attached hydrogens (tertiary/aromatic N) is 1. The van der Waals surface area contributed by atoms with E-state index >= 15 is 0 Å². The lowest BCUT2D eigenvalue weighted by Gasteiger charge is -2.28. The van der Waals surface area contributed by atoms with Crippen molar-refractivity contribution < 1.29 is 5.11 Å². The molecule has 0 aromatic heterocycles. The molecule has 1 saturated carbocycles. The molecule has 1 aliphatic rings. The summed E-state index contributed by atoms with van der Waals surface area (Å²) in [5.74, 6) is 0.721. The molecule has 1 fully saturated rings. The average molecular weight is 228 g/mol. The monoisotopic (exact) mass is 228 g/mol. The highest BCUT2D eigenvalue weighted by Gasteiger charge is 2.22. The second-order valence-electron chi connectivity index (χ2n) is 5.75. The van der Waals surface area contributed by atoms with Gasteiger partial charge in [-0.1, -0.05) is 13.8 Å². The zero-order valence-electron chi connectivity index (χ0n) is 11.2. The Bertz CT molecular complexity index is 192. The van der Waals surface area contributed by atoms with Gasteiger partial charge in [0.15, 0.2) is 0 Å². The van der Waals surface area contributed by atoms with Crippen molar-refractivity contribution in [2.45, 2.75) is 58.2 Å². The van der Waals surface area contributed by atoms with E-state index in [1.165, 1.54) is 19.3 Å². The molecule has 2 N–H and O–H groups in total. The Labute approximate surface area is 100 Å². The summed E-state index contributed by atoms with van der Waals surface area (Å²) in [4.78, 5) is 2.26. The van der Waals surface area contributed by atoms with Crippen LogP contribution in [0.4, 0.5) is 0 Å². The van der Waals surface area contributed by atoms with Crippen LogP contribution in [0.25, 0.3) is 0 Å². The van der Waals surface area contributed by atoms with E-state index in [-0.39, 0.29) is 6.10 Å². The van der Waals surface area contributed by atoms with E-state index in [4.69, 9.17) is 0 Å². The minimum absolute atomic E-state index is 0.236. The summed E-state index contributed by atoms with van der Waals surface area (Å²) in [6.07, 6.45) is 3.53. The molecule has 96 valence electrons. The van der Waals surface area contributed by atoms with Gasteiger partial charge in [0.25, 0.3) is 0 Å². The molecule has 0 amide bonds. The van der Waals surface area contributed by atoms with Gasteiger partial charge in [0.05, 0.1) is 6.10 Å². The molecule has 3 heteroatoms. The van der Waals surface area contributed by atoms with Crippen LogP contribution < -0.4 is 5.32 Å². The summed E-state index contributed by atoms with van der Waals surface area (Å²) in [7, 11) is 2.10. The Morgan fingerprint density at radius 2 is 1.94 bits per heavy atom. The van der Waals surface area contributed by atoms with Crippen LogP contribution >= 0.6 is 0 Å². The maximum atomic E-state index is 9.88. The fourth-order valence-electron chi connectivity index (χ4n) is 2.03. The van der Waals surface area contributed by atoms with E-state index in [0.29, 0.717) is 12.1 Å². The van der Waals surface area contributed by atoms with Crippen LogP contribution in [0.1, 0.15) is 40.0 Å². The van der Waals surface area contributed by atoms with Crippen molar-refractivity contribution in [3.63, 3.8) is 0 Å². The molecule has 0 spiro atoms. The van der Waals surface area contributed by atoms with Crippen LogP contribution in [-0.4, -0.2) is 48.3 Å². The molecule has 0 saturated heterocycles. The molecule has 0 radical (unpaired) electrons. The van der Waals surface area contributed by atoms with Gasteiger partial charge in [-0.05, 0) is 39.2 Å². The maximum absolute atomic E-state index is 9.88. The molecular weight excluding hydrogens is 200 g/mol. The van der Waals surface area contributed by atoms with Crippen LogP contribution in [0.5, 0.6) is 0 Å². The zero-order chi connectivity index (χ0) is 12.1. The van der Waals surface area contributed by atoms with E-state index in [2.05, 4.69) is 38.0 Å². The highest BCUT2D eigenvalue weighted by molar-refractivity contribution is 4.82. The lowest BCUT2D eigenvalue weighted by molar-refractivity contribution is 0.101. The minimum Gasteiger partial charge on any atom is -0.390 e. The normalized spacial score (nSPS) is 20.4. The summed E-state index contributed by atoms with van der Waals surface area (Å²) in [5, 5.41) is 13.2. The summed E-state index contributed by atoms with van der Waals surface area (Å²) in [6, 6.07) is 1.24. The van der Waals surface area contributed by atoms with Gasteiger partial charge >= 0.3 is 0 Å². The third-order valence-corrected chi connectivity index (χ3v) is 3.28. The predicted octanol–water partition coefficient (Wildman–Crippen LogP) is 1.47. The quantitative estimate of drug-likeness (QED) is 0.660. The number of likely N-dealkylation sites (N-methyl/N-ethyl adjacent to an activating group) is 1. The fraction of sp³-hybridized carbons (Fsp3) is 1.00. The van der Waals surface area contributed by atoms with Gasteiger partial charge in [0, 0.05) is 25.2 Å². The highest BCUT2D eigenvalue weighted by atomic mass is 16.3. The lowest BCUT2D eigenvalue weighted by Crippen LogP contribution is -2.41. The van der Waals surface area contributed by atoms with E-state index in [1.54, 1.807) is 0 Å². The molecule has 3 nitrogen and oxygen atoms in total. The largest absolute Gasteiger partial charge is 0.390 e.